The molecule has 19 heavy (non-hydrogen) atoms. The van der Waals surface area contributed by atoms with E-state index in [1.165, 1.54) is 56.2 Å². The van der Waals surface area contributed by atoms with E-state index in [1.807, 2.05) is 0 Å². The summed E-state index contributed by atoms with van der Waals surface area (Å²) in [6, 6.07) is 6.90. The molecule has 1 unspecified atom stereocenters. The van der Waals surface area contributed by atoms with Gasteiger partial charge in [0.2, 0.25) is 0 Å². The molecule has 2 heterocycles. The quantitative estimate of drug-likeness (QED) is 0.825. The van der Waals surface area contributed by atoms with Gasteiger partial charge in [0.05, 0.1) is 5.60 Å². The number of benzene rings is 1. The Morgan fingerprint density at radius 1 is 1.21 bits per heavy atom. The molecule has 0 radical (unpaired) electrons. The summed E-state index contributed by atoms with van der Waals surface area (Å²) in [7, 11) is 0. The van der Waals surface area contributed by atoms with Crippen LogP contribution in [0.4, 0.5) is 5.69 Å². The average molecular weight is 257 g/mol. The molecule has 0 bridgehead atoms. The normalized spacial score (nSPS) is 28.3. The minimum absolute atomic E-state index is 0.250. The van der Waals surface area contributed by atoms with Gasteiger partial charge >= 0.3 is 0 Å². The van der Waals surface area contributed by atoms with Crippen molar-refractivity contribution in [2.45, 2.75) is 56.5 Å². The van der Waals surface area contributed by atoms with Crippen molar-refractivity contribution in [1.82, 2.24) is 0 Å². The summed E-state index contributed by atoms with van der Waals surface area (Å²) in [5.41, 5.74) is 4.79. The van der Waals surface area contributed by atoms with E-state index in [0.717, 1.165) is 13.2 Å². The second-order valence-corrected chi connectivity index (χ2v) is 6.49. The van der Waals surface area contributed by atoms with Crippen LogP contribution in [0.25, 0.3) is 0 Å². The van der Waals surface area contributed by atoms with Gasteiger partial charge in [-0.15, -0.1) is 0 Å². The third-order valence-corrected chi connectivity index (χ3v) is 5.31. The van der Waals surface area contributed by atoms with Crippen LogP contribution < -0.4 is 5.32 Å². The molecule has 2 nitrogen and oxygen atoms in total. The average Bonchev–Trinajstić information content (AvgIpc) is 2.45. The number of para-hydroxylation sites is 1. The van der Waals surface area contributed by atoms with Crippen LogP contribution in [0.1, 0.15) is 55.6 Å². The summed E-state index contributed by atoms with van der Waals surface area (Å²) in [5.74, 6) is 0.703. The molecule has 1 atom stereocenters. The predicted octanol–water partition coefficient (Wildman–Crippen LogP) is 3.86. The van der Waals surface area contributed by atoms with Gasteiger partial charge in [0.15, 0.2) is 0 Å². The zero-order valence-corrected chi connectivity index (χ0v) is 11.6. The van der Waals surface area contributed by atoms with E-state index in [2.05, 4.69) is 23.5 Å². The monoisotopic (exact) mass is 257 g/mol. The van der Waals surface area contributed by atoms with Gasteiger partial charge in [0, 0.05) is 18.8 Å². The van der Waals surface area contributed by atoms with E-state index in [9.17, 15) is 0 Å². The number of nitrogens with one attached hydrogen (secondary N) is 1. The highest BCUT2D eigenvalue weighted by molar-refractivity contribution is 5.60. The van der Waals surface area contributed by atoms with Crippen LogP contribution in [0.15, 0.2) is 18.2 Å². The summed E-state index contributed by atoms with van der Waals surface area (Å²) >= 11 is 0. The number of anilines is 1. The van der Waals surface area contributed by atoms with Crippen molar-refractivity contribution >= 4 is 5.69 Å². The maximum absolute atomic E-state index is 6.08. The lowest BCUT2D eigenvalue weighted by Crippen LogP contribution is -2.45. The number of rotatable bonds is 1. The first kappa shape index (κ1) is 11.8. The molecule has 0 amide bonds. The second kappa shape index (κ2) is 4.52. The zero-order valence-electron chi connectivity index (χ0n) is 11.6. The smallest absolute Gasteiger partial charge is 0.0688 e. The van der Waals surface area contributed by atoms with Gasteiger partial charge < -0.3 is 10.1 Å². The Balaban J connectivity index is 1.64. The second-order valence-electron chi connectivity index (χ2n) is 6.49. The lowest BCUT2D eigenvalue weighted by molar-refractivity contribution is -0.133. The number of fused-ring (bicyclic) bond motifs is 1. The van der Waals surface area contributed by atoms with E-state index in [-0.39, 0.29) is 5.60 Å². The lowest BCUT2D eigenvalue weighted by Gasteiger charge is -2.47. The minimum Gasteiger partial charge on any atom is -0.385 e. The van der Waals surface area contributed by atoms with Gasteiger partial charge in [0.1, 0.15) is 0 Å². The Morgan fingerprint density at radius 2 is 2.16 bits per heavy atom. The topological polar surface area (TPSA) is 21.3 Å². The predicted molar refractivity (Wildman–Crippen MR) is 77.8 cm³/mol. The van der Waals surface area contributed by atoms with Crippen LogP contribution in [-0.2, 0) is 11.2 Å². The fourth-order valence-electron chi connectivity index (χ4n) is 4.09. The molecule has 1 aromatic rings. The number of aryl methyl sites for hydroxylation is 1. The maximum atomic E-state index is 6.08. The standard InChI is InChI=1S/C17H23NO/c1-4-13-5-2-10-18-16(13)15(6-1)14-7-11-19-17(12-14)8-3-9-17/h1,4,6,14,18H,2-3,5,7-12H2. The largest absolute Gasteiger partial charge is 0.385 e. The first-order valence-electron chi connectivity index (χ1n) is 7.86. The van der Waals surface area contributed by atoms with Crippen molar-refractivity contribution < 1.29 is 4.74 Å². The molecule has 1 saturated carbocycles. The molecule has 2 heteroatoms. The molecule has 1 N–H and O–H groups in total. The van der Waals surface area contributed by atoms with E-state index >= 15 is 0 Å². The van der Waals surface area contributed by atoms with Gasteiger partial charge in [-0.25, -0.2) is 0 Å². The molecular formula is C17H23NO. The van der Waals surface area contributed by atoms with Crippen LogP contribution in [0.3, 0.4) is 0 Å². The molecule has 1 spiro atoms. The van der Waals surface area contributed by atoms with Gasteiger partial charge in [-0.1, -0.05) is 18.2 Å². The highest BCUT2D eigenvalue weighted by Crippen LogP contribution is 2.48. The Hall–Kier alpha value is -1.02. The Kier molecular flexibility index (Phi) is 2.80. The van der Waals surface area contributed by atoms with E-state index < -0.39 is 0 Å². The van der Waals surface area contributed by atoms with Crippen LogP contribution in [0.2, 0.25) is 0 Å². The lowest BCUT2D eigenvalue weighted by atomic mass is 9.70. The number of hydrogen-bond acceptors (Lipinski definition) is 2. The SMILES string of the molecule is c1cc2c(c(C3CCOC4(CCC4)C3)c1)NCCC2. The van der Waals surface area contributed by atoms with Crippen molar-refractivity contribution in [2.75, 3.05) is 18.5 Å². The first-order valence-corrected chi connectivity index (χ1v) is 7.86. The minimum atomic E-state index is 0.250. The molecule has 4 rings (SSSR count). The molecule has 1 saturated heterocycles. The molecule has 2 fully saturated rings. The van der Waals surface area contributed by atoms with Crippen molar-refractivity contribution in [3.63, 3.8) is 0 Å². The van der Waals surface area contributed by atoms with Crippen molar-refractivity contribution in [3.8, 4) is 0 Å². The summed E-state index contributed by atoms with van der Waals surface area (Å²) in [5, 5.41) is 3.65. The number of hydrogen-bond donors (Lipinski definition) is 1. The van der Waals surface area contributed by atoms with Gasteiger partial charge in [-0.3, -0.25) is 0 Å². The van der Waals surface area contributed by atoms with Crippen molar-refractivity contribution in [2.24, 2.45) is 0 Å². The van der Waals surface area contributed by atoms with Crippen LogP contribution >= 0.6 is 0 Å². The van der Waals surface area contributed by atoms with Crippen molar-refractivity contribution in [1.29, 1.82) is 0 Å². The maximum Gasteiger partial charge on any atom is 0.0688 e. The van der Waals surface area contributed by atoms with Gasteiger partial charge in [0.25, 0.3) is 0 Å². The Labute approximate surface area is 115 Å². The third kappa shape index (κ3) is 1.97. The molecule has 2 aliphatic heterocycles. The Bertz CT molecular complexity index is 478. The highest BCUT2D eigenvalue weighted by atomic mass is 16.5. The van der Waals surface area contributed by atoms with E-state index in [1.54, 1.807) is 5.56 Å². The fraction of sp³-hybridized carbons (Fsp3) is 0.647. The molecular weight excluding hydrogens is 234 g/mol. The first-order chi connectivity index (χ1) is 9.36. The molecule has 3 aliphatic rings. The van der Waals surface area contributed by atoms with E-state index in [0.29, 0.717) is 5.92 Å². The molecule has 102 valence electrons. The molecule has 0 aromatic heterocycles. The van der Waals surface area contributed by atoms with Gasteiger partial charge in [-0.05, 0) is 62.0 Å². The highest BCUT2D eigenvalue weighted by Gasteiger charge is 2.43. The third-order valence-electron chi connectivity index (χ3n) is 5.31. The number of ether oxygens (including phenoxy) is 1. The molecule has 1 aliphatic carbocycles. The summed E-state index contributed by atoms with van der Waals surface area (Å²) < 4.78 is 6.08. The zero-order chi connectivity index (χ0) is 12.7. The van der Waals surface area contributed by atoms with E-state index in [4.69, 9.17) is 4.74 Å². The Morgan fingerprint density at radius 3 is 3.00 bits per heavy atom. The van der Waals surface area contributed by atoms with Crippen LogP contribution in [0.5, 0.6) is 0 Å². The van der Waals surface area contributed by atoms with Crippen LogP contribution in [0, 0.1) is 0 Å². The van der Waals surface area contributed by atoms with Crippen molar-refractivity contribution in [3.05, 3.63) is 29.3 Å². The summed E-state index contributed by atoms with van der Waals surface area (Å²) in [6.07, 6.45) is 8.87. The summed E-state index contributed by atoms with van der Waals surface area (Å²) in [4.78, 5) is 0. The van der Waals surface area contributed by atoms with Gasteiger partial charge in [-0.2, -0.15) is 0 Å². The summed E-state index contributed by atoms with van der Waals surface area (Å²) in [6.45, 7) is 2.09. The molecule has 1 aromatic carbocycles. The van der Waals surface area contributed by atoms with Crippen LogP contribution in [-0.4, -0.2) is 18.8 Å². The fourth-order valence-corrected chi connectivity index (χ4v) is 4.09.